The molecule has 0 aliphatic carbocycles. The van der Waals surface area contributed by atoms with E-state index in [2.05, 4.69) is 5.32 Å². The molecule has 1 N–H and O–H groups in total. The molecule has 0 fully saturated rings. The van der Waals surface area contributed by atoms with E-state index in [1.54, 1.807) is 0 Å². The molecule has 18 heavy (non-hydrogen) atoms. The Labute approximate surface area is 112 Å². The van der Waals surface area contributed by atoms with Gasteiger partial charge in [0.1, 0.15) is 11.5 Å². The van der Waals surface area contributed by atoms with Gasteiger partial charge in [-0.1, -0.05) is 18.5 Å². The first kappa shape index (κ1) is 13.4. The first-order valence-corrected chi connectivity index (χ1v) is 6.61. The first-order valence-electron chi connectivity index (χ1n) is 6.23. The minimum atomic E-state index is 0.00559. The van der Waals surface area contributed by atoms with Crippen molar-refractivity contribution in [2.45, 2.75) is 19.8 Å². The van der Waals surface area contributed by atoms with E-state index in [-0.39, 0.29) is 11.7 Å². The summed E-state index contributed by atoms with van der Waals surface area (Å²) in [4.78, 5) is 12.1. The van der Waals surface area contributed by atoms with Crippen molar-refractivity contribution in [1.29, 1.82) is 0 Å². The molecular weight excluding hydrogens is 250 g/mol. The molecule has 4 heteroatoms. The van der Waals surface area contributed by atoms with Gasteiger partial charge in [-0.15, -0.1) is 0 Å². The Morgan fingerprint density at radius 1 is 1.56 bits per heavy atom. The number of hydrogen-bond acceptors (Lipinski definition) is 3. The lowest BCUT2D eigenvalue weighted by Gasteiger charge is -2.12. The largest absolute Gasteiger partial charge is 0.493 e. The summed E-state index contributed by atoms with van der Waals surface area (Å²) in [6, 6.07) is 3.77. The van der Waals surface area contributed by atoms with Crippen molar-refractivity contribution in [3.05, 3.63) is 28.3 Å². The Balaban J connectivity index is 2.17. The number of rotatable bonds is 5. The second-order valence-electron chi connectivity index (χ2n) is 4.75. The molecule has 0 aromatic heterocycles. The van der Waals surface area contributed by atoms with Gasteiger partial charge >= 0.3 is 0 Å². The molecule has 2 rings (SSSR count). The molecule has 1 aliphatic heterocycles. The van der Waals surface area contributed by atoms with E-state index in [0.717, 1.165) is 23.3 Å². The molecule has 1 aromatic rings. The molecule has 1 unspecified atom stereocenters. The molecule has 0 saturated heterocycles. The van der Waals surface area contributed by atoms with Crippen molar-refractivity contribution >= 4 is 17.4 Å². The Morgan fingerprint density at radius 2 is 2.33 bits per heavy atom. The van der Waals surface area contributed by atoms with Crippen molar-refractivity contribution in [3.63, 3.8) is 0 Å². The number of hydrogen-bond donors (Lipinski definition) is 1. The summed E-state index contributed by atoms with van der Waals surface area (Å²) in [5, 5.41) is 3.70. The topological polar surface area (TPSA) is 38.3 Å². The number of fused-ring (bicyclic) bond motifs is 1. The Kier molecular flexibility index (Phi) is 4.25. The van der Waals surface area contributed by atoms with Crippen LogP contribution >= 0.6 is 11.6 Å². The number of Topliss-reactive ketones (excluding diaryl/α,β-unsaturated/α-hetero) is 1. The zero-order valence-electron chi connectivity index (χ0n) is 10.8. The van der Waals surface area contributed by atoms with E-state index in [9.17, 15) is 4.79 Å². The zero-order valence-corrected chi connectivity index (χ0v) is 11.5. The van der Waals surface area contributed by atoms with Crippen LogP contribution in [0, 0.1) is 5.92 Å². The molecule has 1 heterocycles. The van der Waals surface area contributed by atoms with Crippen molar-refractivity contribution in [2.24, 2.45) is 5.92 Å². The van der Waals surface area contributed by atoms with Crippen LogP contribution in [0.15, 0.2) is 12.1 Å². The summed E-state index contributed by atoms with van der Waals surface area (Å²) in [6.07, 6.45) is 1.27. The fourth-order valence-electron chi connectivity index (χ4n) is 2.26. The highest BCUT2D eigenvalue weighted by molar-refractivity contribution is 6.30. The quantitative estimate of drug-likeness (QED) is 0.889. The summed E-state index contributed by atoms with van der Waals surface area (Å²) in [7, 11) is 1.85. The molecule has 1 atom stereocenters. The maximum absolute atomic E-state index is 12.1. The predicted octanol–water partition coefficient (Wildman–Crippen LogP) is 2.24. The zero-order chi connectivity index (χ0) is 13.1. The third-order valence-corrected chi connectivity index (χ3v) is 3.47. The van der Waals surface area contributed by atoms with Crippen LogP contribution < -0.4 is 10.1 Å². The summed E-state index contributed by atoms with van der Waals surface area (Å²) in [6.45, 7) is 3.32. The van der Waals surface area contributed by atoms with E-state index in [0.29, 0.717) is 24.6 Å². The van der Waals surface area contributed by atoms with Crippen LogP contribution in [-0.2, 0) is 17.6 Å². The smallest absolute Gasteiger partial charge is 0.141 e. The summed E-state index contributed by atoms with van der Waals surface area (Å²) >= 11 is 6.07. The van der Waals surface area contributed by atoms with Gasteiger partial charge in [-0.2, -0.15) is 0 Å². The third kappa shape index (κ3) is 2.85. The Bertz CT molecular complexity index is 459. The first-order chi connectivity index (χ1) is 8.61. The molecule has 0 bridgehead atoms. The van der Waals surface area contributed by atoms with Gasteiger partial charge in [-0.3, -0.25) is 4.79 Å². The average Bonchev–Trinajstić information content (AvgIpc) is 2.77. The Morgan fingerprint density at radius 3 is 3.06 bits per heavy atom. The lowest BCUT2D eigenvalue weighted by atomic mass is 9.97. The second kappa shape index (κ2) is 5.72. The molecule has 98 valence electrons. The van der Waals surface area contributed by atoms with Gasteiger partial charge in [0.05, 0.1) is 6.61 Å². The molecule has 0 radical (unpaired) electrons. The van der Waals surface area contributed by atoms with E-state index < -0.39 is 0 Å². The monoisotopic (exact) mass is 267 g/mol. The number of ether oxygens (including phenoxy) is 1. The molecule has 1 aliphatic rings. The molecule has 3 nitrogen and oxygen atoms in total. The van der Waals surface area contributed by atoms with E-state index in [1.165, 1.54) is 0 Å². The highest BCUT2D eigenvalue weighted by Gasteiger charge is 2.21. The fraction of sp³-hybridized carbons (Fsp3) is 0.500. The van der Waals surface area contributed by atoms with Crippen molar-refractivity contribution in [3.8, 4) is 5.75 Å². The minimum Gasteiger partial charge on any atom is -0.493 e. The van der Waals surface area contributed by atoms with Crippen LogP contribution in [0.2, 0.25) is 5.02 Å². The highest BCUT2D eigenvalue weighted by atomic mass is 35.5. The lowest BCUT2D eigenvalue weighted by Crippen LogP contribution is -2.25. The summed E-state index contributed by atoms with van der Waals surface area (Å²) in [5.74, 6) is 1.08. The Hall–Kier alpha value is -1.06. The highest BCUT2D eigenvalue weighted by Crippen LogP contribution is 2.33. The summed E-state index contributed by atoms with van der Waals surface area (Å²) in [5.41, 5.74) is 2.04. The maximum Gasteiger partial charge on any atom is 0.141 e. The molecule has 0 saturated carbocycles. The van der Waals surface area contributed by atoms with Crippen LogP contribution in [0.25, 0.3) is 0 Å². The molecular formula is C14H18ClNO2. The van der Waals surface area contributed by atoms with E-state index in [4.69, 9.17) is 16.3 Å². The molecule has 0 spiro atoms. The average molecular weight is 268 g/mol. The normalized spacial score (nSPS) is 15.1. The van der Waals surface area contributed by atoms with Crippen LogP contribution in [0.1, 0.15) is 18.1 Å². The number of benzene rings is 1. The number of carbonyl (C=O) groups excluding carboxylic acids is 1. The third-order valence-electron chi connectivity index (χ3n) is 3.25. The number of carbonyl (C=O) groups is 1. The number of halogens is 1. The second-order valence-corrected chi connectivity index (χ2v) is 5.19. The van der Waals surface area contributed by atoms with E-state index in [1.807, 2.05) is 26.1 Å². The predicted molar refractivity (Wildman–Crippen MR) is 72.5 cm³/mol. The van der Waals surface area contributed by atoms with E-state index >= 15 is 0 Å². The van der Waals surface area contributed by atoms with Gasteiger partial charge < -0.3 is 10.1 Å². The van der Waals surface area contributed by atoms with Crippen LogP contribution in [0.3, 0.4) is 0 Å². The minimum absolute atomic E-state index is 0.00559. The van der Waals surface area contributed by atoms with Crippen LogP contribution in [0.4, 0.5) is 0 Å². The number of nitrogens with one attached hydrogen (secondary N) is 1. The molecule has 1 aromatic carbocycles. The van der Waals surface area contributed by atoms with Gasteiger partial charge in [0, 0.05) is 35.9 Å². The van der Waals surface area contributed by atoms with Gasteiger partial charge in [0.25, 0.3) is 0 Å². The number of ketones is 1. The van der Waals surface area contributed by atoms with Crippen molar-refractivity contribution in [2.75, 3.05) is 20.2 Å². The van der Waals surface area contributed by atoms with Crippen LogP contribution in [0.5, 0.6) is 5.75 Å². The maximum atomic E-state index is 12.1. The van der Waals surface area contributed by atoms with Gasteiger partial charge in [0.2, 0.25) is 0 Å². The lowest BCUT2D eigenvalue weighted by molar-refractivity contribution is -0.121. The van der Waals surface area contributed by atoms with Gasteiger partial charge in [-0.05, 0) is 24.7 Å². The standard InChI is InChI=1S/C14H18ClNO2/c1-9(8-16-2)13(17)7-11-6-12(15)5-10-3-4-18-14(10)11/h5-6,9,16H,3-4,7-8H2,1-2H3. The van der Waals surface area contributed by atoms with Crippen molar-refractivity contribution in [1.82, 2.24) is 5.32 Å². The van der Waals surface area contributed by atoms with Gasteiger partial charge in [0.15, 0.2) is 0 Å². The SMILES string of the molecule is CNCC(C)C(=O)Cc1cc(Cl)cc2c1OCC2. The van der Waals surface area contributed by atoms with Gasteiger partial charge in [-0.25, -0.2) is 0 Å². The van der Waals surface area contributed by atoms with Crippen LogP contribution in [-0.4, -0.2) is 26.0 Å². The van der Waals surface area contributed by atoms with Crippen molar-refractivity contribution < 1.29 is 9.53 Å². The fourth-order valence-corrected chi connectivity index (χ4v) is 2.52. The molecule has 0 amide bonds. The summed E-state index contributed by atoms with van der Waals surface area (Å²) < 4.78 is 5.60.